The van der Waals surface area contributed by atoms with Crippen molar-refractivity contribution < 1.29 is 9.59 Å². The van der Waals surface area contributed by atoms with Crippen molar-refractivity contribution in [3.05, 3.63) is 59.1 Å². The van der Waals surface area contributed by atoms with Crippen molar-refractivity contribution in [1.29, 1.82) is 0 Å². The van der Waals surface area contributed by atoms with E-state index in [-0.39, 0.29) is 24.2 Å². The molecule has 1 unspecified atom stereocenters. The van der Waals surface area contributed by atoms with Gasteiger partial charge in [0.2, 0.25) is 11.8 Å². The zero-order valence-corrected chi connectivity index (χ0v) is 15.1. The summed E-state index contributed by atoms with van der Waals surface area (Å²) in [6, 6.07) is 14.8. The first-order valence-corrected chi connectivity index (χ1v) is 8.79. The number of rotatable bonds is 4. The molecule has 2 aromatic carbocycles. The minimum Gasteiger partial charge on any atom is -0.326 e. The Morgan fingerprint density at radius 1 is 1.16 bits per heavy atom. The maximum absolute atomic E-state index is 12.5. The lowest BCUT2D eigenvalue weighted by Crippen LogP contribution is -2.28. The number of amides is 2. The molecule has 1 saturated heterocycles. The van der Waals surface area contributed by atoms with Crippen LogP contribution in [0.5, 0.6) is 0 Å². The zero-order chi connectivity index (χ0) is 18.0. The molecule has 0 spiro atoms. The highest BCUT2D eigenvalue weighted by Crippen LogP contribution is 2.32. The summed E-state index contributed by atoms with van der Waals surface area (Å²) in [7, 11) is 0. The highest BCUT2D eigenvalue weighted by Gasteiger charge is 2.36. The number of nitrogens with zero attached hydrogens (tertiary/aromatic N) is 1. The van der Waals surface area contributed by atoms with E-state index in [9.17, 15) is 9.59 Å². The van der Waals surface area contributed by atoms with Crippen molar-refractivity contribution in [2.45, 2.75) is 26.2 Å². The normalized spacial score (nSPS) is 17.2. The summed E-state index contributed by atoms with van der Waals surface area (Å²) in [5.74, 6) is -0.195. The number of halogens is 1. The van der Waals surface area contributed by atoms with Crippen molar-refractivity contribution in [1.82, 2.24) is 0 Å². The first-order valence-electron chi connectivity index (χ1n) is 8.41. The molecule has 4 nitrogen and oxygen atoms in total. The van der Waals surface area contributed by atoms with Crippen LogP contribution in [0.25, 0.3) is 0 Å². The number of para-hydroxylation sites is 1. The molecule has 1 atom stereocenters. The number of carbonyl (C=O) groups is 2. The van der Waals surface area contributed by atoms with Crippen LogP contribution in [0.1, 0.15) is 31.7 Å². The van der Waals surface area contributed by atoms with Gasteiger partial charge in [-0.05, 0) is 41.8 Å². The standard InChI is InChI=1S/C20H21ClN2O2/c1-13(2)17-5-3-4-6-18(17)23-12-14(11-19(23)24)20(25)22-16-9-7-15(21)8-10-16/h3-10,13-14H,11-12H2,1-2H3,(H,22,25). The Morgan fingerprint density at radius 3 is 2.52 bits per heavy atom. The van der Waals surface area contributed by atoms with E-state index in [1.54, 1.807) is 29.2 Å². The molecule has 0 aromatic heterocycles. The summed E-state index contributed by atoms with van der Waals surface area (Å²) in [5.41, 5.74) is 2.71. The summed E-state index contributed by atoms with van der Waals surface area (Å²) in [6.45, 7) is 4.61. The minimum absolute atomic E-state index is 0.00986. The molecule has 2 aromatic rings. The number of hydrogen-bond donors (Lipinski definition) is 1. The Bertz CT molecular complexity index is 787. The molecule has 1 aliphatic rings. The number of anilines is 2. The number of nitrogens with one attached hydrogen (secondary N) is 1. The van der Waals surface area contributed by atoms with Crippen molar-refractivity contribution in [3.63, 3.8) is 0 Å². The topological polar surface area (TPSA) is 49.4 Å². The van der Waals surface area contributed by atoms with Crippen LogP contribution in [0, 0.1) is 5.92 Å². The molecule has 0 aliphatic carbocycles. The maximum Gasteiger partial charge on any atom is 0.229 e. The highest BCUT2D eigenvalue weighted by atomic mass is 35.5. The van der Waals surface area contributed by atoms with Gasteiger partial charge in [-0.15, -0.1) is 0 Å². The highest BCUT2D eigenvalue weighted by molar-refractivity contribution is 6.30. The van der Waals surface area contributed by atoms with Gasteiger partial charge in [0.15, 0.2) is 0 Å². The molecule has 25 heavy (non-hydrogen) atoms. The zero-order valence-electron chi connectivity index (χ0n) is 14.3. The first kappa shape index (κ1) is 17.5. The maximum atomic E-state index is 12.5. The molecule has 0 saturated carbocycles. The lowest BCUT2D eigenvalue weighted by molar-refractivity contribution is -0.122. The first-order chi connectivity index (χ1) is 12.0. The smallest absolute Gasteiger partial charge is 0.229 e. The van der Waals surface area contributed by atoms with Crippen LogP contribution >= 0.6 is 11.6 Å². The number of benzene rings is 2. The molecule has 1 N–H and O–H groups in total. The molecule has 5 heteroatoms. The van der Waals surface area contributed by atoms with Gasteiger partial charge in [0.1, 0.15) is 0 Å². The molecular weight excluding hydrogens is 336 g/mol. The largest absolute Gasteiger partial charge is 0.326 e. The molecule has 1 aliphatic heterocycles. The van der Waals surface area contributed by atoms with E-state index in [0.717, 1.165) is 11.3 Å². The fraction of sp³-hybridized carbons (Fsp3) is 0.300. The average molecular weight is 357 g/mol. The van der Waals surface area contributed by atoms with Crippen molar-refractivity contribution in [3.8, 4) is 0 Å². The summed E-state index contributed by atoms with van der Waals surface area (Å²) < 4.78 is 0. The van der Waals surface area contributed by atoms with Crippen molar-refractivity contribution in [2.75, 3.05) is 16.8 Å². The molecule has 3 rings (SSSR count). The SMILES string of the molecule is CC(C)c1ccccc1N1CC(C(=O)Nc2ccc(Cl)cc2)CC1=O. The van der Waals surface area contributed by atoms with Crippen molar-refractivity contribution >= 4 is 34.8 Å². The second-order valence-electron chi connectivity index (χ2n) is 6.62. The van der Waals surface area contributed by atoms with Gasteiger partial charge in [-0.25, -0.2) is 0 Å². The lowest BCUT2D eigenvalue weighted by atomic mass is 10.0. The molecule has 2 amide bonds. The van der Waals surface area contributed by atoms with Crippen LogP contribution in [0.2, 0.25) is 5.02 Å². The Kier molecular flexibility index (Phi) is 5.09. The van der Waals surface area contributed by atoms with E-state index in [1.807, 2.05) is 24.3 Å². The minimum atomic E-state index is -0.358. The summed E-state index contributed by atoms with van der Waals surface area (Å²) >= 11 is 5.86. The van der Waals surface area contributed by atoms with Crippen LogP contribution in [-0.4, -0.2) is 18.4 Å². The molecule has 0 radical (unpaired) electrons. The van der Waals surface area contributed by atoms with Crippen LogP contribution in [-0.2, 0) is 9.59 Å². The second-order valence-corrected chi connectivity index (χ2v) is 7.05. The number of carbonyl (C=O) groups excluding carboxylic acids is 2. The van der Waals surface area contributed by atoms with Crippen LogP contribution in [0.4, 0.5) is 11.4 Å². The fourth-order valence-corrected chi connectivity index (χ4v) is 3.24. The van der Waals surface area contributed by atoms with Gasteiger partial charge in [0.25, 0.3) is 0 Å². The quantitative estimate of drug-likeness (QED) is 0.879. The summed E-state index contributed by atoms with van der Waals surface area (Å²) in [5, 5.41) is 3.48. The van der Waals surface area contributed by atoms with Crippen molar-refractivity contribution in [2.24, 2.45) is 5.92 Å². The van der Waals surface area contributed by atoms with Gasteiger partial charge >= 0.3 is 0 Å². The second kappa shape index (κ2) is 7.28. The van der Waals surface area contributed by atoms with E-state index in [2.05, 4.69) is 19.2 Å². The fourth-order valence-electron chi connectivity index (χ4n) is 3.12. The monoisotopic (exact) mass is 356 g/mol. The third kappa shape index (κ3) is 3.85. The van der Waals surface area contributed by atoms with Gasteiger partial charge < -0.3 is 10.2 Å². The van der Waals surface area contributed by atoms with E-state index < -0.39 is 0 Å². The molecule has 130 valence electrons. The van der Waals surface area contributed by atoms with Gasteiger partial charge in [0, 0.05) is 29.4 Å². The van der Waals surface area contributed by atoms with Crippen LogP contribution in [0.3, 0.4) is 0 Å². The summed E-state index contributed by atoms with van der Waals surface area (Å²) in [6.07, 6.45) is 0.228. The average Bonchev–Trinajstić information content (AvgIpc) is 2.98. The Hall–Kier alpha value is -2.33. The Labute approximate surface area is 152 Å². The Balaban J connectivity index is 1.74. The molecule has 1 heterocycles. The summed E-state index contributed by atoms with van der Waals surface area (Å²) in [4.78, 5) is 26.7. The molecular formula is C20H21ClN2O2. The van der Waals surface area contributed by atoms with Crippen LogP contribution < -0.4 is 10.2 Å². The van der Waals surface area contributed by atoms with E-state index in [0.29, 0.717) is 23.2 Å². The van der Waals surface area contributed by atoms with Crippen LogP contribution in [0.15, 0.2) is 48.5 Å². The molecule has 1 fully saturated rings. The predicted octanol–water partition coefficient (Wildman–Crippen LogP) is 4.46. The Morgan fingerprint density at radius 2 is 1.84 bits per heavy atom. The molecule has 0 bridgehead atoms. The van der Waals surface area contributed by atoms with Gasteiger partial charge in [-0.2, -0.15) is 0 Å². The lowest BCUT2D eigenvalue weighted by Gasteiger charge is -2.22. The van der Waals surface area contributed by atoms with E-state index in [1.165, 1.54) is 0 Å². The van der Waals surface area contributed by atoms with Gasteiger partial charge in [0.05, 0.1) is 5.92 Å². The van der Waals surface area contributed by atoms with E-state index in [4.69, 9.17) is 11.6 Å². The third-order valence-corrected chi connectivity index (χ3v) is 4.71. The van der Waals surface area contributed by atoms with Gasteiger partial charge in [-0.3, -0.25) is 9.59 Å². The third-order valence-electron chi connectivity index (χ3n) is 4.46. The predicted molar refractivity (Wildman–Crippen MR) is 101 cm³/mol. The number of hydrogen-bond acceptors (Lipinski definition) is 2. The van der Waals surface area contributed by atoms with Gasteiger partial charge in [-0.1, -0.05) is 43.6 Å². The van der Waals surface area contributed by atoms with E-state index >= 15 is 0 Å².